The molecule has 0 fully saturated rings. The van der Waals surface area contributed by atoms with Crippen LogP contribution >= 0.6 is 43.2 Å². The molecular formula is C13H20Br2S. The molecule has 0 saturated heterocycles. The van der Waals surface area contributed by atoms with Crippen LogP contribution in [0.25, 0.3) is 0 Å². The SMILES string of the molecule is Cc1sc(C(Br)CC(C)C(C)(C)C)cc1Br. The minimum atomic E-state index is 0.384. The van der Waals surface area contributed by atoms with E-state index in [2.05, 4.69) is 72.5 Å². The summed E-state index contributed by atoms with van der Waals surface area (Å²) in [5.41, 5.74) is 0.384. The van der Waals surface area contributed by atoms with Crippen LogP contribution in [-0.4, -0.2) is 0 Å². The Balaban J connectivity index is 2.69. The van der Waals surface area contributed by atoms with Crippen molar-refractivity contribution in [1.29, 1.82) is 0 Å². The van der Waals surface area contributed by atoms with E-state index in [1.54, 1.807) is 0 Å². The summed E-state index contributed by atoms with van der Waals surface area (Å²) in [5.74, 6) is 0.707. The summed E-state index contributed by atoms with van der Waals surface area (Å²) < 4.78 is 1.24. The molecule has 0 aliphatic rings. The molecule has 0 N–H and O–H groups in total. The summed E-state index contributed by atoms with van der Waals surface area (Å²) in [5, 5.41) is 0. The zero-order chi connectivity index (χ0) is 12.5. The van der Waals surface area contributed by atoms with Gasteiger partial charge in [0.2, 0.25) is 0 Å². The van der Waals surface area contributed by atoms with E-state index in [0.29, 0.717) is 16.2 Å². The quantitative estimate of drug-likeness (QED) is 0.547. The predicted molar refractivity (Wildman–Crippen MR) is 81.7 cm³/mol. The summed E-state index contributed by atoms with van der Waals surface area (Å²) >= 11 is 9.28. The van der Waals surface area contributed by atoms with Gasteiger partial charge in [0.05, 0.1) is 0 Å². The van der Waals surface area contributed by atoms with E-state index in [9.17, 15) is 0 Å². The molecule has 16 heavy (non-hydrogen) atoms. The second-order valence-corrected chi connectivity index (χ2v) is 8.77. The number of aryl methyl sites for hydroxylation is 1. The van der Waals surface area contributed by atoms with Gasteiger partial charge in [0, 0.05) is 19.1 Å². The number of halogens is 2. The Labute approximate surface area is 120 Å². The average Bonchev–Trinajstić information content (AvgIpc) is 2.45. The van der Waals surface area contributed by atoms with Crippen molar-refractivity contribution in [3.05, 3.63) is 20.3 Å². The first-order valence-corrected chi connectivity index (χ1v) is 8.14. The van der Waals surface area contributed by atoms with Crippen molar-refractivity contribution in [1.82, 2.24) is 0 Å². The maximum atomic E-state index is 3.82. The first-order chi connectivity index (χ1) is 7.21. The summed E-state index contributed by atoms with van der Waals surface area (Å²) in [6, 6.07) is 2.24. The molecule has 0 nitrogen and oxygen atoms in total. The molecule has 3 heteroatoms. The largest absolute Gasteiger partial charge is 0.143 e. The lowest BCUT2D eigenvalue weighted by Crippen LogP contribution is -2.18. The predicted octanol–water partition coefficient (Wildman–Crippen LogP) is 6.33. The maximum Gasteiger partial charge on any atom is 0.0492 e. The highest BCUT2D eigenvalue weighted by Gasteiger charge is 2.24. The first-order valence-electron chi connectivity index (χ1n) is 5.61. The van der Waals surface area contributed by atoms with Crippen LogP contribution < -0.4 is 0 Å². The number of rotatable bonds is 3. The van der Waals surface area contributed by atoms with Crippen LogP contribution in [-0.2, 0) is 0 Å². The monoisotopic (exact) mass is 366 g/mol. The number of hydrogen-bond donors (Lipinski definition) is 0. The van der Waals surface area contributed by atoms with Crippen LogP contribution in [0.5, 0.6) is 0 Å². The molecule has 0 spiro atoms. The minimum absolute atomic E-state index is 0.384. The second kappa shape index (κ2) is 5.53. The van der Waals surface area contributed by atoms with Crippen molar-refractivity contribution in [2.75, 3.05) is 0 Å². The fourth-order valence-electron chi connectivity index (χ4n) is 1.42. The van der Waals surface area contributed by atoms with Crippen LogP contribution in [0.2, 0.25) is 0 Å². The van der Waals surface area contributed by atoms with E-state index in [1.807, 2.05) is 11.3 Å². The molecule has 1 heterocycles. The van der Waals surface area contributed by atoms with Crippen molar-refractivity contribution in [3.8, 4) is 0 Å². The van der Waals surface area contributed by atoms with Gasteiger partial charge in [0.15, 0.2) is 0 Å². The van der Waals surface area contributed by atoms with Crippen LogP contribution in [0.15, 0.2) is 10.5 Å². The zero-order valence-corrected chi connectivity index (χ0v) is 14.6. The van der Waals surface area contributed by atoms with Crippen LogP contribution in [0.4, 0.5) is 0 Å². The normalized spacial score (nSPS) is 16.2. The maximum absolute atomic E-state index is 3.82. The molecule has 2 unspecified atom stereocenters. The Morgan fingerprint density at radius 2 is 1.94 bits per heavy atom. The molecule has 0 aliphatic heterocycles. The van der Waals surface area contributed by atoms with Crippen molar-refractivity contribution in [3.63, 3.8) is 0 Å². The molecular weight excluding hydrogens is 348 g/mol. The Morgan fingerprint density at radius 3 is 2.31 bits per heavy atom. The minimum Gasteiger partial charge on any atom is -0.143 e. The Morgan fingerprint density at radius 1 is 1.38 bits per heavy atom. The van der Waals surface area contributed by atoms with E-state index >= 15 is 0 Å². The summed E-state index contributed by atoms with van der Waals surface area (Å²) in [7, 11) is 0. The molecule has 1 aromatic heterocycles. The van der Waals surface area contributed by atoms with Crippen molar-refractivity contribution < 1.29 is 0 Å². The van der Waals surface area contributed by atoms with Gasteiger partial charge in [-0.2, -0.15) is 0 Å². The molecule has 0 radical (unpaired) electrons. The Hall–Kier alpha value is 0.660. The lowest BCUT2D eigenvalue weighted by molar-refractivity contribution is 0.247. The van der Waals surface area contributed by atoms with Crippen LogP contribution in [0.3, 0.4) is 0 Å². The van der Waals surface area contributed by atoms with Crippen molar-refractivity contribution in [2.45, 2.75) is 45.9 Å². The van der Waals surface area contributed by atoms with Gasteiger partial charge < -0.3 is 0 Å². The molecule has 0 amide bonds. The smallest absolute Gasteiger partial charge is 0.0492 e. The standard InChI is InChI=1S/C13H20Br2S/c1-8(13(3,4)5)6-11(15)12-7-10(14)9(2)16-12/h7-8,11H,6H2,1-5H3. The fourth-order valence-corrected chi connectivity index (χ4v) is 3.94. The van der Waals surface area contributed by atoms with Gasteiger partial charge >= 0.3 is 0 Å². The molecule has 0 bridgehead atoms. The van der Waals surface area contributed by atoms with Crippen molar-refractivity contribution in [2.24, 2.45) is 11.3 Å². The number of hydrogen-bond acceptors (Lipinski definition) is 1. The first kappa shape index (κ1) is 14.7. The molecule has 1 aromatic rings. The van der Waals surface area contributed by atoms with Gasteiger partial charge in [0.1, 0.15) is 0 Å². The van der Waals surface area contributed by atoms with E-state index in [4.69, 9.17) is 0 Å². The fraction of sp³-hybridized carbons (Fsp3) is 0.692. The topological polar surface area (TPSA) is 0 Å². The van der Waals surface area contributed by atoms with Gasteiger partial charge in [-0.3, -0.25) is 0 Å². The van der Waals surface area contributed by atoms with E-state index in [0.717, 1.165) is 0 Å². The highest BCUT2D eigenvalue weighted by Crippen LogP contribution is 2.41. The van der Waals surface area contributed by atoms with E-state index < -0.39 is 0 Å². The molecule has 0 aliphatic carbocycles. The highest BCUT2D eigenvalue weighted by atomic mass is 79.9. The van der Waals surface area contributed by atoms with Gasteiger partial charge in [-0.15, -0.1) is 11.3 Å². The molecule has 2 atom stereocenters. The van der Waals surface area contributed by atoms with E-state index in [-0.39, 0.29) is 0 Å². The second-order valence-electron chi connectivity index (χ2n) is 5.52. The summed E-state index contributed by atoms with van der Waals surface area (Å²) in [6.07, 6.45) is 1.19. The van der Waals surface area contributed by atoms with Gasteiger partial charge in [-0.1, -0.05) is 43.6 Å². The summed E-state index contributed by atoms with van der Waals surface area (Å²) in [4.78, 5) is 3.28. The Bertz CT molecular complexity index is 330. The number of alkyl halides is 1. The lowest BCUT2D eigenvalue weighted by atomic mass is 9.79. The van der Waals surface area contributed by atoms with Crippen LogP contribution in [0, 0.1) is 18.3 Å². The molecule has 0 aromatic carbocycles. The van der Waals surface area contributed by atoms with Crippen molar-refractivity contribution >= 4 is 43.2 Å². The van der Waals surface area contributed by atoms with Gasteiger partial charge in [-0.25, -0.2) is 0 Å². The number of thiophene rings is 1. The molecule has 0 saturated carbocycles. The van der Waals surface area contributed by atoms with Gasteiger partial charge in [-0.05, 0) is 46.7 Å². The van der Waals surface area contributed by atoms with E-state index in [1.165, 1.54) is 20.6 Å². The highest BCUT2D eigenvalue weighted by molar-refractivity contribution is 9.10. The Kier molecular flexibility index (Phi) is 5.09. The molecule has 92 valence electrons. The van der Waals surface area contributed by atoms with Crippen LogP contribution in [0.1, 0.15) is 48.7 Å². The average molecular weight is 368 g/mol. The third-order valence-corrected chi connectivity index (χ3v) is 6.64. The molecule has 1 rings (SSSR count). The lowest BCUT2D eigenvalue weighted by Gasteiger charge is -2.28. The zero-order valence-electron chi connectivity index (χ0n) is 10.6. The van der Waals surface area contributed by atoms with Gasteiger partial charge in [0.25, 0.3) is 0 Å². The third-order valence-electron chi connectivity index (χ3n) is 3.22. The third kappa shape index (κ3) is 3.85. The summed E-state index contributed by atoms with van der Waals surface area (Å²) in [6.45, 7) is 11.4.